The first-order valence-electron chi connectivity index (χ1n) is 9.12. The van der Waals surface area contributed by atoms with E-state index in [1.807, 2.05) is 37.1 Å². The van der Waals surface area contributed by atoms with Gasteiger partial charge in [-0.2, -0.15) is 0 Å². The van der Waals surface area contributed by atoms with Crippen LogP contribution in [0, 0.1) is 13.8 Å². The maximum Gasteiger partial charge on any atom is 0.246 e. The Morgan fingerprint density at radius 1 is 1.39 bits per heavy atom. The van der Waals surface area contributed by atoms with Crippen LogP contribution in [0.2, 0.25) is 0 Å². The largest absolute Gasteiger partial charge is 0.465 e. The van der Waals surface area contributed by atoms with Crippen LogP contribution < -0.4 is 5.32 Å². The lowest BCUT2D eigenvalue weighted by atomic mass is 10.0. The van der Waals surface area contributed by atoms with Crippen molar-refractivity contribution in [2.45, 2.75) is 26.2 Å². The molecule has 3 aromatic heterocycles. The van der Waals surface area contributed by atoms with Crippen LogP contribution in [-0.2, 0) is 4.79 Å². The molecule has 1 saturated heterocycles. The fourth-order valence-electron chi connectivity index (χ4n) is 3.23. The number of amides is 1. The molecule has 1 amide bonds. The van der Waals surface area contributed by atoms with E-state index in [0.717, 1.165) is 27.9 Å². The SMILES string of the molecule is Cc1nc(Nc2ncc(C)s2)cc(C2CCN(C(=O)C=Cc3ccco3)C2)n1. The molecule has 1 N–H and O–H groups in total. The molecule has 0 radical (unpaired) electrons. The minimum absolute atomic E-state index is 0.0127. The molecule has 1 aliphatic rings. The Morgan fingerprint density at radius 2 is 2.29 bits per heavy atom. The zero-order valence-electron chi connectivity index (χ0n) is 15.8. The highest BCUT2D eigenvalue weighted by atomic mass is 32.1. The number of carbonyl (C=O) groups is 1. The van der Waals surface area contributed by atoms with Gasteiger partial charge in [0, 0.05) is 42.2 Å². The molecular formula is C20H21N5O2S. The zero-order chi connectivity index (χ0) is 19.5. The summed E-state index contributed by atoms with van der Waals surface area (Å²) in [6.07, 6.45) is 7.56. The second-order valence-electron chi connectivity index (χ2n) is 6.74. The summed E-state index contributed by atoms with van der Waals surface area (Å²) in [4.78, 5) is 28.8. The van der Waals surface area contributed by atoms with Crippen molar-refractivity contribution in [1.82, 2.24) is 19.9 Å². The van der Waals surface area contributed by atoms with Gasteiger partial charge in [-0.15, -0.1) is 11.3 Å². The van der Waals surface area contributed by atoms with Crippen LogP contribution in [0.25, 0.3) is 6.08 Å². The second-order valence-corrected chi connectivity index (χ2v) is 7.98. The van der Waals surface area contributed by atoms with Gasteiger partial charge >= 0.3 is 0 Å². The minimum atomic E-state index is -0.0127. The third-order valence-corrected chi connectivity index (χ3v) is 5.39. The fraction of sp³-hybridized carbons (Fsp3) is 0.300. The first kappa shape index (κ1) is 18.4. The molecule has 0 aromatic carbocycles. The lowest BCUT2D eigenvalue weighted by molar-refractivity contribution is -0.124. The maximum absolute atomic E-state index is 12.4. The number of rotatable bonds is 5. The third kappa shape index (κ3) is 4.28. The molecule has 0 bridgehead atoms. The molecule has 8 heteroatoms. The van der Waals surface area contributed by atoms with E-state index in [4.69, 9.17) is 4.42 Å². The van der Waals surface area contributed by atoms with Crippen molar-refractivity contribution in [1.29, 1.82) is 0 Å². The van der Waals surface area contributed by atoms with Crippen LogP contribution in [0.15, 0.2) is 41.2 Å². The normalized spacial score (nSPS) is 16.8. The Hall–Kier alpha value is -3.00. The molecule has 4 heterocycles. The molecule has 0 aliphatic carbocycles. The molecule has 1 unspecified atom stereocenters. The molecule has 1 aliphatic heterocycles. The standard InChI is InChI=1S/C20H21N5O2S/c1-13-11-21-20(28-13)24-18-10-17(22-14(2)23-18)15-7-8-25(12-15)19(26)6-5-16-4-3-9-27-16/h3-6,9-11,15H,7-8,12H2,1-2H3,(H,21,22,23,24). The number of aryl methyl sites for hydroxylation is 2. The van der Waals surface area contributed by atoms with E-state index in [1.165, 1.54) is 0 Å². The number of hydrogen-bond acceptors (Lipinski definition) is 7. The van der Waals surface area contributed by atoms with Crippen molar-refractivity contribution in [2.75, 3.05) is 18.4 Å². The van der Waals surface area contributed by atoms with Gasteiger partial charge in [0.15, 0.2) is 5.13 Å². The summed E-state index contributed by atoms with van der Waals surface area (Å²) < 4.78 is 5.23. The van der Waals surface area contributed by atoms with Crippen molar-refractivity contribution in [3.63, 3.8) is 0 Å². The van der Waals surface area contributed by atoms with E-state index < -0.39 is 0 Å². The van der Waals surface area contributed by atoms with Crippen LogP contribution in [-0.4, -0.2) is 38.8 Å². The molecule has 1 fully saturated rings. The van der Waals surface area contributed by atoms with Gasteiger partial charge in [-0.1, -0.05) is 0 Å². The average Bonchev–Trinajstić information content (AvgIpc) is 3.41. The smallest absolute Gasteiger partial charge is 0.246 e. The number of nitrogens with one attached hydrogen (secondary N) is 1. The molecule has 3 aromatic rings. The van der Waals surface area contributed by atoms with Crippen molar-refractivity contribution in [2.24, 2.45) is 0 Å². The Labute approximate surface area is 167 Å². The Bertz CT molecular complexity index is 996. The van der Waals surface area contributed by atoms with Gasteiger partial charge in [0.25, 0.3) is 0 Å². The Balaban J connectivity index is 1.44. The molecular weight excluding hydrogens is 374 g/mol. The summed E-state index contributed by atoms with van der Waals surface area (Å²) >= 11 is 1.58. The highest BCUT2D eigenvalue weighted by molar-refractivity contribution is 7.15. The van der Waals surface area contributed by atoms with Gasteiger partial charge in [0.2, 0.25) is 5.91 Å². The number of anilines is 2. The fourth-order valence-corrected chi connectivity index (χ4v) is 3.90. The van der Waals surface area contributed by atoms with E-state index in [2.05, 4.69) is 20.3 Å². The number of nitrogens with zero attached hydrogens (tertiary/aromatic N) is 4. The Morgan fingerprint density at radius 3 is 3.04 bits per heavy atom. The third-order valence-electron chi connectivity index (χ3n) is 4.57. The van der Waals surface area contributed by atoms with E-state index in [0.29, 0.717) is 24.7 Å². The van der Waals surface area contributed by atoms with Crippen molar-refractivity contribution >= 4 is 34.3 Å². The van der Waals surface area contributed by atoms with Crippen LogP contribution >= 0.6 is 11.3 Å². The summed E-state index contributed by atoms with van der Waals surface area (Å²) in [5.74, 6) is 2.29. The predicted octanol–water partition coefficient (Wildman–Crippen LogP) is 3.92. The molecule has 7 nitrogen and oxygen atoms in total. The summed E-state index contributed by atoms with van der Waals surface area (Å²) in [6, 6.07) is 5.58. The summed E-state index contributed by atoms with van der Waals surface area (Å²) in [6.45, 7) is 5.26. The highest BCUT2D eigenvalue weighted by Gasteiger charge is 2.27. The molecule has 0 spiro atoms. The lowest BCUT2D eigenvalue weighted by Crippen LogP contribution is -2.26. The van der Waals surface area contributed by atoms with Gasteiger partial charge in [0.1, 0.15) is 17.4 Å². The second kappa shape index (κ2) is 7.93. The lowest BCUT2D eigenvalue weighted by Gasteiger charge is -2.15. The Kier molecular flexibility index (Phi) is 5.21. The number of likely N-dealkylation sites (tertiary alicyclic amines) is 1. The molecule has 4 rings (SSSR count). The van der Waals surface area contributed by atoms with Gasteiger partial charge in [-0.25, -0.2) is 15.0 Å². The maximum atomic E-state index is 12.4. The van der Waals surface area contributed by atoms with Crippen LogP contribution in [0.4, 0.5) is 10.9 Å². The number of aromatic nitrogens is 3. The van der Waals surface area contributed by atoms with Crippen LogP contribution in [0.5, 0.6) is 0 Å². The van der Waals surface area contributed by atoms with E-state index in [1.54, 1.807) is 35.8 Å². The highest BCUT2D eigenvalue weighted by Crippen LogP contribution is 2.29. The van der Waals surface area contributed by atoms with E-state index >= 15 is 0 Å². The zero-order valence-corrected chi connectivity index (χ0v) is 16.6. The van der Waals surface area contributed by atoms with Gasteiger partial charge < -0.3 is 14.6 Å². The van der Waals surface area contributed by atoms with Gasteiger partial charge in [0.05, 0.1) is 12.0 Å². The average molecular weight is 395 g/mol. The van der Waals surface area contributed by atoms with Crippen LogP contribution in [0.1, 0.15) is 34.5 Å². The van der Waals surface area contributed by atoms with E-state index in [-0.39, 0.29) is 11.8 Å². The monoisotopic (exact) mass is 395 g/mol. The first-order chi connectivity index (χ1) is 13.6. The summed E-state index contributed by atoms with van der Waals surface area (Å²) in [5, 5.41) is 4.07. The van der Waals surface area contributed by atoms with Crippen LogP contribution in [0.3, 0.4) is 0 Å². The minimum Gasteiger partial charge on any atom is -0.465 e. The number of furan rings is 1. The molecule has 28 heavy (non-hydrogen) atoms. The first-order valence-corrected chi connectivity index (χ1v) is 9.94. The predicted molar refractivity (Wildman–Crippen MR) is 109 cm³/mol. The number of hydrogen-bond donors (Lipinski definition) is 1. The topological polar surface area (TPSA) is 84.2 Å². The van der Waals surface area contributed by atoms with Crippen molar-refractivity contribution < 1.29 is 9.21 Å². The van der Waals surface area contributed by atoms with E-state index in [9.17, 15) is 4.79 Å². The molecule has 0 saturated carbocycles. The van der Waals surface area contributed by atoms with Crippen molar-refractivity contribution in [3.8, 4) is 0 Å². The number of thiazole rings is 1. The summed E-state index contributed by atoms with van der Waals surface area (Å²) in [5.41, 5.74) is 0.952. The van der Waals surface area contributed by atoms with Gasteiger partial charge in [-0.3, -0.25) is 4.79 Å². The quantitative estimate of drug-likeness (QED) is 0.659. The van der Waals surface area contributed by atoms with Crippen molar-refractivity contribution in [3.05, 3.63) is 58.9 Å². The molecule has 1 atom stereocenters. The molecule has 144 valence electrons. The summed E-state index contributed by atoms with van der Waals surface area (Å²) in [7, 11) is 0. The number of carbonyl (C=O) groups excluding carboxylic acids is 1. The van der Waals surface area contributed by atoms with Gasteiger partial charge in [-0.05, 0) is 38.5 Å².